The minimum atomic E-state index is 0.529. The van der Waals surface area contributed by atoms with Crippen LogP contribution in [0.5, 0.6) is 0 Å². The largest absolute Gasteiger partial charge is 0.336 e. The summed E-state index contributed by atoms with van der Waals surface area (Å²) in [6.45, 7) is 2.04. The second-order valence-corrected chi connectivity index (χ2v) is 4.51. The number of nitrogens with zero attached hydrogens (tertiary/aromatic N) is 2. The molecule has 3 aromatic rings. The lowest BCUT2D eigenvalue weighted by atomic mass is 10.1. The molecule has 0 aliphatic heterocycles. The number of aryl methyl sites for hydroxylation is 1. The molecule has 0 radical (unpaired) electrons. The van der Waals surface area contributed by atoms with Gasteiger partial charge in [0.2, 0.25) is 0 Å². The number of aromatic nitrogens is 3. The highest BCUT2D eigenvalue weighted by Gasteiger charge is 2.07. The molecule has 0 bridgehead atoms. The van der Waals surface area contributed by atoms with Crippen molar-refractivity contribution in [3.63, 3.8) is 0 Å². The van der Waals surface area contributed by atoms with E-state index in [-0.39, 0.29) is 0 Å². The van der Waals surface area contributed by atoms with Gasteiger partial charge in [0.1, 0.15) is 5.82 Å². The van der Waals surface area contributed by atoms with Crippen molar-refractivity contribution in [3.05, 3.63) is 47.7 Å². The summed E-state index contributed by atoms with van der Waals surface area (Å²) in [7, 11) is 0. The molecule has 0 fully saturated rings. The summed E-state index contributed by atoms with van der Waals surface area (Å²) in [5.41, 5.74) is 5.04. The maximum atomic E-state index is 5.78. The first kappa shape index (κ1) is 11.2. The van der Waals surface area contributed by atoms with Crippen LogP contribution in [-0.4, -0.2) is 15.0 Å². The van der Waals surface area contributed by atoms with Gasteiger partial charge in [-0.25, -0.2) is 9.97 Å². The van der Waals surface area contributed by atoms with Crippen molar-refractivity contribution in [2.45, 2.75) is 12.8 Å². The summed E-state index contributed by atoms with van der Waals surface area (Å²) < 4.78 is 0. The average molecular weight is 258 g/mol. The minimum absolute atomic E-state index is 0.529. The topological polar surface area (TPSA) is 41.6 Å². The van der Waals surface area contributed by atoms with Crippen LogP contribution in [0, 0.1) is 6.92 Å². The van der Waals surface area contributed by atoms with Gasteiger partial charge in [-0.05, 0) is 24.1 Å². The summed E-state index contributed by atoms with van der Waals surface area (Å²) in [4.78, 5) is 12.1. The Balaban J connectivity index is 2.10. The molecule has 0 spiro atoms. The van der Waals surface area contributed by atoms with Crippen molar-refractivity contribution in [1.82, 2.24) is 15.0 Å². The fourth-order valence-corrected chi connectivity index (χ4v) is 2.10. The Morgan fingerprint density at radius 3 is 2.61 bits per heavy atom. The van der Waals surface area contributed by atoms with Crippen molar-refractivity contribution < 1.29 is 0 Å². The van der Waals surface area contributed by atoms with Crippen molar-refractivity contribution in [2.24, 2.45) is 0 Å². The Morgan fingerprint density at radius 1 is 1.17 bits per heavy atom. The zero-order chi connectivity index (χ0) is 12.5. The molecule has 0 atom stereocenters. The Bertz CT molecular complexity index is 686. The Kier molecular flexibility index (Phi) is 2.76. The van der Waals surface area contributed by atoms with E-state index in [9.17, 15) is 0 Å². The van der Waals surface area contributed by atoms with Crippen LogP contribution in [0.25, 0.3) is 22.6 Å². The molecule has 0 saturated carbocycles. The van der Waals surface area contributed by atoms with Crippen molar-refractivity contribution in [2.75, 3.05) is 0 Å². The zero-order valence-electron chi connectivity index (χ0n) is 9.94. The van der Waals surface area contributed by atoms with Crippen molar-refractivity contribution in [1.29, 1.82) is 0 Å². The van der Waals surface area contributed by atoms with E-state index in [1.165, 1.54) is 0 Å². The first-order valence-corrected chi connectivity index (χ1v) is 6.28. The molecular formula is C14H12ClN3. The number of hydrogen-bond donors (Lipinski definition) is 1. The number of nitrogens with one attached hydrogen (secondary N) is 1. The monoisotopic (exact) mass is 257 g/mol. The van der Waals surface area contributed by atoms with E-state index in [2.05, 4.69) is 15.0 Å². The number of aromatic amines is 1. The van der Waals surface area contributed by atoms with E-state index in [4.69, 9.17) is 11.6 Å². The third kappa shape index (κ3) is 1.87. The van der Waals surface area contributed by atoms with Crippen LogP contribution in [0.15, 0.2) is 36.5 Å². The molecule has 1 N–H and O–H groups in total. The number of alkyl halides is 1. The third-order valence-corrected chi connectivity index (χ3v) is 3.29. The highest BCUT2D eigenvalue weighted by molar-refractivity contribution is 6.17. The molecule has 4 heteroatoms. The van der Waals surface area contributed by atoms with Crippen LogP contribution in [0.4, 0.5) is 0 Å². The van der Waals surface area contributed by atoms with Crippen LogP contribution in [0.2, 0.25) is 0 Å². The highest BCUT2D eigenvalue weighted by atomic mass is 35.5. The number of fused-ring (bicyclic) bond motifs is 1. The molecule has 0 unspecified atom stereocenters. The van der Waals surface area contributed by atoms with Gasteiger partial charge < -0.3 is 4.98 Å². The summed E-state index contributed by atoms with van der Waals surface area (Å²) in [6, 6.07) is 10.0. The number of rotatable bonds is 2. The van der Waals surface area contributed by atoms with Crippen LogP contribution in [0.1, 0.15) is 11.1 Å². The van der Waals surface area contributed by atoms with Gasteiger partial charge in [0.25, 0.3) is 0 Å². The van der Waals surface area contributed by atoms with Gasteiger partial charge in [-0.3, -0.25) is 0 Å². The molecule has 0 saturated heterocycles. The Labute approximate surface area is 110 Å². The van der Waals surface area contributed by atoms with Gasteiger partial charge in [0, 0.05) is 17.6 Å². The summed E-state index contributed by atoms with van der Waals surface area (Å²) in [5.74, 6) is 1.37. The summed E-state index contributed by atoms with van der Waals surface area (Å²) in [6.07, 6.45) is 1.78. The van der Waals surface area contributed by atoms with E-state index in [1.807, 2.05) is 37.3 Å². The van der Waals surface area contributed by atoms with E-state index in [1.54, 1.807) is 6.20 Å². The van der Waals surface area contributed by atoms with Crippen molar-refractivity contribution >= 4 is 22.8 Å². The highest BCUT2D eigenvalue weighted by Crippen LogP contribution is 2.21. The van der Waals surface area contributed by atoms with Gasteiger partial charge in [-0.15, -0.1) is 11.6 Å². The van der Waals surface area contributed by atoms with Gasteiger partial charge in [0.15, 0.2) is 5.65 Å². The van der Waals surface area contributed by atoms with E-state index < -0.39 is 0 Å². The van der Waals surface area contributed by atoms with Crippen LogP contribution >= 0.6 is 11.6 Å². The normalized spacial score (nSPS) is 11.0. The van der Waals surface area contributed by atoms with Gasteiger partial charge in [0.05, 0.1) is 5.52 Å². The second kappa shape index (κ2) is 4.42. The summed E-state index contributed by atoms with van der Waals surface area (Å²) in [5, 5.41) is 0. The number of H-pyrrole nitrogens is 1. The van der Waals surface area contributed by atoms with Crippen LogP contribution in [-0.2, 0) is 5.88 Å². The molecule has 3 nitrogen and oxygen atoms in total. The average Bonchev–Trinajstić information content (AvgIpc) is 2.84. The van der Waals surface area contributed by atoms with Gasteiger partial charge in [-0.2, -0.15) is 0 Å². The van der Waals surface area contributed by atoms with E-state index in [0.717, 1.165) is 33.7 Å². The maximum Gasteiger partial charge on any atom is 0.178 e. The lowest BCUT2D eigenvalue weighted by Crippen LogP contribution is -1.82. The molecule has 2 aromatic heterocycles. The van der Waals surface area contributed by atoms with Crippen molar-refractivity contribution in [3.8, 4) is 11.4 Å². The number of imidazole rings is 1. The van der Waals surface area contributed by atoms with Crippen LogP contribution < -0.4 is 0 Å². The standard InChI is InChI=1S/C14H12ClN3/c1-9-6-7-16-14-12(9)17-13(18-14)11-4-2-10(8-15)3-5-11/h2-7H,8H2,1H3,(H,16,17,18). The first-order valence-electron chi connectivity index (χ1n) is 5.74. The predicted molar refractivity (Wildman–Crippen MR) is 73.6 cm³/mol. The van der Waals surface area contributed by atoms with E-state index >= 15 is 0 Å². The predicted octanol–water partition coefficient (Wildman–Crippen LogP) is 3.67. The number of halogens is 1. The molecule has 90 valence electrons. The molecular weight excluding hydrogens is 246 g/mol. The quantitative estimate of drug-likeness (QED) is 0.712. The molecule has 2 heterocycles. The third-order valence-electron chi connectivity index (χ3n) is 2.98. The summed E-state index contributed by atoms with van der Waals surface area (Å²) >= 11 is 5.78. The Hall–Kier alpha value is -1.87. The fourth-order valence-electron chi connectivity index (χ4n) is 1.92. The number of benzene rings is 1. The van der Waals surface area contributed by atoms with Gasteiger partial charge >= 0.3 is 0 Å². The smallest absolute Gasteiger partial charge is 0.178 e. The lowest BCUT2D eigenvalue weighted by molar-refractivity contribution is 1.29. The number of hydrogen-bond acceptors (Lipinski definition) is 2. The maximum absolute atomic E-state index is 5.78. The fraction of sp³-hybridized carbons (Fsp3) is 0.143. The molecule has 0 amide bonds. The molecule has 0 aliphatic rings. The van der Waals surface area contributed by atoms with Crippen LogP contribution in [0.3, 0.4) is 0 Å². The zero-order valence-corrected chi connectivity index (χ0v) is 10.7. The lowest BCUT2D eigenvalue weighted by Gasteiger charge is -1.98. The number of pyridine rings is 1. The minimum Gasteiger partial charge on any atom is -0.336 e. The Morgan fingerprint density at radius 2 is 1.94 bits per heavy atom. The first-order chi connectivity index (χ1) is 8.78. The van der Waals surface area contributed by atoms with E-state index in [0.29, 0.717) is 5.88 Å². The molecule has 1 aromatic carbocycles. The molecule has 0 aliphatic carbocycles. The second-order valence-electron chi connectivity index (χ2n) is 4.24. The molecule has 3 rings (SSSR count). The van der Waals surface area contributed by atoms with Gasteiger partial charge in [-0.1, -0.05) is 24.3 Å². The SMILES string of the molecule is Cc1ccnc2nc(-c3ccc(CCl)cc3)[nH]c12. The molecule has 18 heavy (non-hydrogen) atoms.